The number of aromatic amines is 1. The van der Waals surface area contributed by atoms with Crippen LogP contribution in [0.25, 0.3) is 0 Å². The van der Waals surface area contributed by atoms with Crippen molar-refractivity contribution < 1.29 is 27.9 Å². The van der Waals surface area contributed by atoms with E-state index in [1.807, 2.05) is 4.72 Å². The van der Waals surface area contributed by atoms with Crippen LogP contribution >= 0.6 is 0 Å². The first-order valence-electron chi connectivity index (χ1n) is 5.18. The number of aromatic nitrogens is 2. The molecule has 0 aromatic carbocycles. The lowest BCUT2D eigenvalue weighted by molar-refractivity contribution is -0.142. The Morgan fingerprint density at radius 1 is 1.58 bits per heavy atom. The summed E-state index contributed by atoms with van der Waals surface area (Å²) >= 11 is 0. The van der Waals surface area contributed by atoms with Gasteiger partial charge in [0.15, 0.2) is 5.03 Å². The molecule has 0 radical (unpaired) electrons. The number of carboxylic acid groups (broad SMARTS) is 1. The molecule has 0 bridgehead atoms. The van der Waals surface area contributed by atoms with Crippen LogP contribution in [0.3, 0.4) is 0 Å². The predicted octanol–water partition coefficient (Wildman–Crippen LogP) is -0.906. The van der Waals surface area contributed by atoms with E-state index in [1.54, 1.807) is 0 Å². The first kappa shape index (κ1) is 15.1. The van der Waals surface area contributed by atoms with E-state index in [-0.39, 0.29) is 17.9 Å². The summed E-state index contributed by atoms with van der Waals surface area (Å²) in [6.45, 7) is 0. The van der Waals surface area contributed by atoms with Crippen molar-refractivity contribution in [1.29, 1.82) is 0 Å². The topological polar surface area (TPSA) is 138 Å². The third-order valence-electron chi connectivity index (χ3n) is 2.23. The van der Waals surface area contributed by atoms with Gasteiger partial charge < -0.3 is 9.84 Å². The number of carboxylic acids is 1. The van der Waals surface area contributed by atoms with E-state index >= 15 is 0 Å². The summed E-state index contributed by atoms with van der Waals surface area (Å²) in [7, 11) is -2.86. The molecule has 9 nitrogen and oxygen atoms in total. The van der Waals surface area contributed by atoms with Crippen molar-refractivity contribution in [3.05, 3.63) is 12.3 Å². The van der Waals surface area contributed by atoms with Crippen LogP contribution in [0.4, 0.5) is 0 Å². The van der Waals surface area contributed by atoms with Crippen molar-refractivity contribution in [2.24, 2.45) is 0 Å². The van der Waals surface area contributed by atoms with Gasteiger partial charge in [0.05, 0.1) is 13.3 Å². The second kappa shape index (κ2) is 6.29. The van der Waals surface area contributed by atoms with Crippen molar-refractivity contribution in [2.45, 2.75) is 23.9 Å². The minimum atomic E-state index is -4.02. The molecule has 10 heteroatoms. The molecular weight excluding hydrogens is 278 g/mol. The van der Waals surface area contributed by atoms with Crippen LogP contribution in [0, 0.1) is 0 Å². The van der Waals surface area contributed by atoms with Crippen molar-refractivity contribution in [1.82, 2.24) is 14.9 Å². The molecule has 1 heterocycles. The Bertz CT molecular complexity index is 538. The Labute approximate surface area is 109 Å². The summed E-state index contributed by atoms with van der Waals surface area (Å²) in [5.74, 6) is -2.00. The average molecular weight is 291 g/mol. The second-order valence-corrected chi connectivity index (χ2v) is 5.23. The van der Waals surface area contributed by atoms with Crippen LogP contribution in [0.2, 0.25) is 0 Å². The summed E-state index contributed by atoms with van der Waals surface area (Å²) < 4.78 is 29.8. The maximum Gasteiger partial charge on any atom is 0.321 e. The molecule has 19 heavy (non-hydrogen) atoms. The zero-order chi connectivity index (χ0) is 14.5. The van der Waals surface area contributed by atoms with Crippen molar-refractivity contribution in [3.63, 3.8) is 0 Å². The van der Waals surface area contributed by atoms with Crippen LogP contribution in [0.1, 0.15) is 12.8 Å². The molecule has 1 aromatic rings. The number of rotatable bonds is 7. The number of sulfonamides is 1. The Morgan fingerprint density at radius 3 is 2.74 bits per heavy atom. The van der Waals surface area contributed by atoms with Crippen LogP contribution in [-0.2, 0) is 24.3 Å². The van der Waals surface area contributed by atoms with Crippen molar-refractivity contribution >= 4 is 22.0 Å². The molecule has 1 aromatic heterocycles. The molecular formula is C9H13N3O6S. The lowest BCUT2D eigenvalue weighted by Gasteiger charge is -2.13. The van der Waals surface area contributed by atoms with Gasteiger partial charge in [0.25, 0.3) is 10.0 Å². The third-order valence-corrected chi connectivity index (χ3v) is 3.63. The fourth-order valence-corrected chi connectivity index (χ4v) is 2.37. The Morgan fingerprint density at radius 2 is 2.26 bits per heavy atom. The van der Waals surface area contributed by atoms with Crippen LogP contribution < -0.4 is 4.72 Å². The lowest BCUT2D eigenvalue weighted by atomic mass is 10.2. The Hall–Kier alpha value is -1.94. The minimum absolute atomic E-state index is 0.209. The average Bonchev–Trinajstić information content (AvgIpc) is 2.88. The van der Waals surface area contributed by atoms with E-state index < -0.39 is 28.0 Å². The molecule has 1 atom stereocenters. The van der Waals surface area contributed by atoms with Gasteiger partial charge in [0.2, 0.25) is 0 Å². The van der Waals surface area contributed by atoms with E-state index in [9.17, 15) is 18.0 Å². The third kappa shape index (κ3) is 4.34. The van der Waals surface area contributed by atoms with E-state index in [0.717, 1.165) is 7.11 Å². The van der Waals surface area contributed by atoms with Gasteiger partial charge in [-0.1, -0.05) is 0 Å². The minimum Gasteiger partial charge on any atom is -0.480 e. The number of nitrogens with one attached hydrogen (secondary N) is 2. The highest BCUT2D eigenvalue weighted by Gasteiger charge is 2.26. The molecule has 0 spiro atoms. The Balaban J connectivity index is 2.74. The van der Waals surface area contributed by atoms with Gasteiger partial charge in [-0.05, 0) is 12.5 Å². The van der Waals surface area contributed by atoms with Crippen LogP contribution in [0.15, 0.2) is 17.3 Å². The number of esters is 1. The van der Waals surface area contributed by atoms with Gasteiger partial charge in [0, 0.05) is 6.42 Å². The smallest absolute Gasteiger partial charge is 0.321 e. The van der Waals surface area contributed by atoms with Crippen molar-refractivity contribution in [3.8, 4) is 0 Å². The molecule has 0 aliphatic carbocycles. The van der Waals surface area contributed by atoms with E-state index in [1.165, 1.54) is 12.3 Å². The summed E-state index contributed by atoms with van der Waals surface area (Å²) in [5.41, 5.74) is 0. The fourth-order valence-electron chi connectivity index (χ4n) is 1.24. The second-order valence-electron chi connectivity index (χ2n) is 3.55. The highest BCUT2D eigenvalue weighted by Crippen LogP contribution is 2.07. The number of ether oxygens (including phenoxy) is 1. The molecule has 0 saturated carbocycles. The van der Waals surface area contributed by atoms with Crippen LogP contribution in [0.5, 0.6) is 0 Å². The standard InChI is InChI=1S/C9H13N3O6S/c1-18-8(13)3-2-6(9(14)15)12-19(16,17)7-4-5-10-11-7/h4-6,12H,2-3H2,1H3,(H,10,11)(H,14,15)/t6-/m0/s1. The van der Waals surface area contributed by atoms with Gasteiger partial charge in [-0.2, -0.15) is 9.82 Å². The van der Waals surface area contributed by atoms with Gasteiger partial charge >= 0.3 is 11.9 Å². The number of H-pyrrole nitrogens is 1. The molecule has 0 saturated heterocycles. The number of nitrogens with zero attached hydrogens (tertiary/aromatic N) is 1. The highest BCUT2D eigenvalue weighted by molar-refractivity contribution is 7.89. The van der Waals surface area contributed by atoms with E-state index in [4.69, 9.17) is 5.11 Å². The normalized spacial score (nSPS) is 12.9. The zero-order valence-electron chi connectivity index (χ0n) is 9.99. The molecule has 0 fully saturated rings. The predicted molar refractivity (Wildman–Crippen MR) is 61.6 cm³/mol. The number of carbonyl (C=O) groups is 2. The summed E-state index contributed by atoms with van der Waals surface area (Å²) in [6.07, 6.45) is 0.799. The lowest BCUT2D eigenvalue weighted by Crippen LogP contribution is -2.41. The number of aliphatic carboxylic acids is 1. The molecule has 0 aliphatic heterocycles. The summed E-state index contributed by atoms with van der Waals surface area (Å²) in [6, 6.07) is -0.242. The summed E-state index contributed by atoms with van der Waals surface area (Å²) in [5, 5.41) is 14.3. The summed E-state index contributed by atoms with van der Waals surface area (Å²) in [4.78, 5) is 21.9. The monoisotopic (exact) mass is 291 g/mol. The largest absolute Gasteiger partial charge is 0.480 e. The first-order valence-corrected chi connectivity index (χ1v) is 6.66. The SMILES string of the molecule is COC(=O)CC[C@H](NS(=O)(=O)c1ccn[nH]1)C(=O)O. The maximum absolute atomic E-state index is 11.8. The fraction of sp³-hybridized carbons (Fsp3) is 0.444. The highest BCUT2D eigenvalue weighted by atomic mass is 32.2. The van der Waals surface area contributed by atoms with E-state index in [2.05, 4.69) is 14.9 Å². The van der Waals surface area contributed by atoms with E-state index in [0.29, 0.717) is 0 Å². The molecule has 0 aliphatic rings. The molecule has 106 valence electrons. The number of hydrogen-bond donors (Lipinski definition) is 3. The number of hydrogen-bond acceptors (Lipinski definition) is 6. The van der Waals surface area contributed by atoms with Gasteiger partial charge in [-0.15, -0.1) is 0 Å². The van der Waals surface area contributed by atoms with Gasteiger partial charge in [-0.3, -0.25) is 14.7 Å². The van der Waals surface area contributed by atoms with Gasteiger partial charge in [-0.25, -0.2) is 8.42 Å². The van der Waals surface area contributed by atoms with Crippen molar-refractivity contribution in [2.75, 3.05) is 7.11 Å². The molecule has 0 unspecified atom stereocenters. The molecule has 1 rings (SSSR count). The maximum atomic E-state index is 11.8. The first-order chi connectivity index (χ1) is 8.86. The molecule has 3 N–H and O–H groups in total. The molecule has 0 amide bonds. The van der Waals surface area contributed by atoms with Gasteiger partial charge in [0.1, 0.15) is 6.04 Å². The quantitative estimate of drug-likeness (QED) is 0.553. The Kier molecular flexibility index (Phi) is 5.01. The zero-order valence-corrected chi connectivity index (χ0v) is 10.8. The number of carbonyl (C=O) groups excluding carboxylic acids is 1. The number of methoxy groups -OCH3 is 1. The van der Waals surface area contributed by atoms with Crippen LogP contribution in [-0.4, -0.2) is 48.8 Å².